The molecule has 0 radical (unpaired) electrons. The van der Waals surface area contributed by atoms with Crippen LogP contribution in [0.5, 0.6) is 0 Å². The Kier molecular flexibility index (Phi) is 4.94. The zero-order chi connectivity index (χ0) is 21.5. The van der Waals surface area contributed by atoms with Crippen LogP contribution in [0.15, 0.2) is 36.8 Å². The van der Waals surface area contributed by atoms with E-state index in [9.17, 15) is 13.6 Å². The Hall–Kier alpha value is -3.41. The summed E-state index contributed by atoms with van der Waals surface area (Å²) in [7, 11) is 0. The van der Waals surface area contributed by atoms with Gasteiger partial charge in [0, 0.05) is 24.7 Å². The van der Waals surface area contributed by atoms with E-state index in [-0.39, 0.29) is 0 Å². The van der Waals surface area contributed by atoms with Gasteiger partial charge in [0.1, 0.15) is 6.04 Å². The van der Waals surface area contributed by atoms with Crippen molar-refractivity contribution >= 4 is 16.8 Å². The van der Waals surface area contributed by atoms with Gasteiger partial charge in [0.25, 0.3) is 5.91 Å². The van der Waals surface area contributed by atoms with Crippen molar-refractivity contribution in [3.05, 3.63) is 53.7 Å². The normalized spacial score (nSPS) is 16.1. The molecule has 1 amide bonds. The fraction of sp³-hybridized carbons (Fsp3) is 0.381. The van der Waals surface area contributed by atoms with Gasteiger partial charge in [-0.25, -0.2) is 9.97 Å². The first-order valence-corrected chi connectivity index (χ1v) is 9.66. The molecule has 0 aliphatic heterocycles. The minimum atomic E-state index is -3.51. The first kappa shape index (κ1) is 19.9. The molecule has 0 saturated heterocycles. The molecule has 1 aromatic carbocycles. The van der Waals surface area contributed by atoms with Crippen molar-refractivity contribution in [1.82, 2.24) is 25.1 Å². The molecule has 1 N–H and O–H groups in total. The van der Waals surface area contributed by atoms with Crippen LogP contribution < -0.4 is 5.32 Å². The zero-order valence-electron chi connectivity index (χ0n) is 16.5. The van der Waals surface area contributed by atoms with Gasteiger partial charge in [-0.2, -0.15) is 19.1 Å². The zero-order valence-corrected chi connectivity index (χ0v) is 16.5. The quantitative estimate of drug-likeness (QED) is 0.672. The molecule has 30 heavy (non-hydrogen) atoms. The lowest BCUT2D eigenvalue weighted by atomic mass is 10.1. The van der Waals surface area contributed by atoms with Crippen LogP contribution in [0.3, 0.4) is 0 Å². The van der Waals surface area contributed by atoms with Crippen molar-refractivity contribution in [3.8, 4) is 6.07 Å². The fourth-order valence-corrected chi connectivity index (χ4v) is 3.43. The summed E-state index contributed by atoms with van der Waals surface area (Å²) in [6.45, 7) is 2.17. The van der Waals surface area contributed by atoms with Gasteiger partial charge in [0.15, 0.2) is 5.82 Å². The summed E-state index contributed by atoms with van der Waals surface area (Å²) in [5.41, 5.74) is 2.20. The molecule has 2 heterocycles. The van der Waals surface area contributed by atoms with E-state index in [1.165, 1.54) is 0 Å². The second kappa shape index (κ2) is 7.44. The molecule has 2 atom stereocenters. The number of aromatic nitrogens is 4. The standard InChI is InChI=1S/C21H20F2N6O/c1-12(28-20(30)21(2,22)23)18(19-25-9-16(10-26-19)14-4-5-14)29-17-6-3-13(8-24)7-15(17)11-27-29/h3,6-7,9-12,14,18H,4-5H2,1-2H3,(H,28,30)/t12-,18-/m0/s1. The van der Waals surface area contributed by atoms with Crippen molar-refractivity contribution < 1.29 is 13.6 Å². The minimum absolute atomic E-state index is 0.362. The molecular weight excluding hydrogens is 390 g/mol. The number of alkyl halides is 2. The van der Waals surface area contributed by atoms with Gasteiger partial charge in [0.2, 0.25) is 0 Å². The molecule has 0 unspecified atom stereocenters. The van der Waals surface area contributed by atoms with E-state index in [4.69, 9.17) is 5.26 Å². The largest absolute Gasteiger partial charge is 0.346 e. The Bertz CT molecular complexity index is 1130. The van der Waals surface area contributed by atoms with Crippen LogP contribution in [0.2, 0.25) is 0 Å². The highest BCUT2D eigenvalue weighted by Gasteiger charge is 2.36. The molecule has 7 nitrogen and oxygen atoms in total. The van der Waals surface area contributed by atoms with Crippen molar-refractivity contribution in [2.75, 3.05) is 0 Å². The third-order valence-corrected chi connectivity index (χ3v) is 5.22. The van der Waals surface area contributed by atoms with Gasteiger partial charge in [-0.05, 0) is 49.4 Å². The van der Waals surface area contributed by atoms with E-state index in [0.717, 1.165) is 18.4 Å². The average Bonchev–Trinajstić information content (AvgIpc) is 3.49. The second-order valence-corrected chi connectivity index (χ2v) is 7.72. The number of fused-ring (bicyclic) bond motifs is 1. The average molecular weight is 410 g/mol. The van der Waals surface area contributed by atoms with Crippen molar-refractivity contribution in [3.63, 3.8) is 0 Å². The van der Waals surface area contributed by atoms with Gasteiger partial charge in [-0.1, -0.05) is 0 Å². The van der Waals surface area contributed by atoms with E-state index >= 15 is 0 Å². The Morgan fingerprint density at radius 3 is 2.60 bits per heavy atom. The first-order valence-electron chi connectivity index (χ1n) is 9.66. The van der Waals surface area contributed by atoms with E-state index < -0.39 is 23.9 Å². The Labute approximate surface area is 171 Å². The number of rotatable bonds is 6. The number of carbonyl (C=O) groups is 1. The number of nitrogens with zero attached hydrogens (tertiary/aromatic N) is 5. The number of halogens is 2. The predicted molar refractivity (Wildman–Crippen MR) is 105 cm³/mol. The van der Waals surface area contributed by atoms with E-state index in [0.29, 0.717) is 35.1 Å². The summed E-state index contributed by atoms with van der Waals surface area (Å²) in [5, 5.41) is 16.6. The summed E-state index contributed by atoms with van der Waals surface area (Å²) >= 11 is 0. The molecule has 3 aromatic rings. The third-order valence-electron chi connectivity index (χ3n) is 5.22. The first-order chi connectivity index (χ1) is 14.3. The van der Waals surface area contributed by atoms with E-state index in [2.05, 4.69) is 26.5 Å². The summed E-state index contributed by atoms with van der Waals surface area (Å²) in [4.78, 5) is 20.8. The lowest BCUT2D eigenvalue weighted by Crippen LogP contribution is -2.46. The highest BCUT2D eigenvalue weighted by Crippen LogP contribution is 2.39. The van der Waals surface area contributed by atoms with Crippen LogP contribution in [-0.4, -0.2) is 37.6 Å². The smallest absolute Gasteiger partial charge is 0.321 e. The minimum Gasteiger partial charge on any atom is -0.346 e. The van der Waals surface area contributed by atoms with Gasteiger partial charge in [0.05, 0.1) is 29.4 Å². The van der Waals surface area contributed by atoms with Crippen LogP contribution in [-0.2, 0) is 4.79 Å². The van der Waals surface area contributed by atoms with Crippen molar-refractivity contribution in [1.29, 1.82) is 5.26 Å². The third kappa shape index (κ3) is 3.85. The SMILES string of the molecule is C[C@H](NC(=O)C(C)(F)F)[C@@H](c1ncc(C2CC2)cn1)n1ncc2cc(C#N)ccc21. The molecule has 1 aliphatic rings. The van der Waals surface area contributed by atoms with Gasteiger partial charge in [-0.3, -0.25) is 9.48 Å². The van der Waals surface area contributed by atoms with Crippen LogP contribution in [0.25, 0.3) is 10.9 Å². The molecule has 1 fully saturated rings. The maximum absolute atomic E-state index is 13.5. The number of hydrogen-bond donors (Lipinski definition) is 1. The molecular formula is C21H20F2N6O. The molecule has 154 valence electrons. The van der Waals surface area contributed by atoms with Crippen LogP contribution in [0, 0.1) is 11.3 Å². The van der Waals surface area contributed by atoms with E-state index in [1.54, 1.807) is 48.4 Å². The van der Waals surface area contributed by atoms with Crippen LogP contribution in [0.1, 0.15) is 55.6 Å². The van der Waals surface area contributed by atoms with Crippen LogP contribution >= 0.6 is 0 Å². The Morgan fingerprint density at radius 2 is 2.00 bits per heavy atom. The molecule has 0 spiro atoms. The lowest BCUT2D eigenvalue weighted by Gasteiger charge is -2.26. The molecule has 9 heteroatoms. The monoisotopic (exact) mass is 410 g/mol. The number of nitrogens with one attached hydrogen (secondary N) is 1. The summed E-state index contributed by atoms with van der Waals surface area (Å²) in [6.07, 6.45) is 7.29. The molecule has 1 aliphatic carbocycles. The summed E-state index contributed by atoms with van der Waals surface area (Å²) in [6, 6.07) is 5.67. The van der Waals surface area contributed by atoms with Gasteiger partial charge >= 0.3 is 5.92 Å². The second-order valence-electron chi connectivity index (χ2n) is 7.72. The fourth-order valence-electron chi connectivity index (χ4n) is 3.43. The Morgan fingerprint density at radius 1 is 1.30 bits per heavy atom. The number of carbonyl (C=O) groups excluding carboxylic acids is 1. The van der Waals surface area contributed by atoms with Gasteiger partial charge in [-0.15, -0.1) is 0 Å². The molecule has 4 rings (SSSR count). The maximum atomic E-state index is 13.5. The van der Waals surface area contributed by atoms with Crippen molar-refractivity contribution in [2.24, 2.45) is 0 Å². The Balaban J connectivity index is 1.75. The number of hydrogen-bond acceptors (Lipinski definition) is 5. The predicted octanol–water partition coefficient (Wildman–Crippen LogP) is 3.32. The molecule has 2 aromatic heterocycles. The highest BCUT2D eigenvalue weighted by molar-refractivity contribution is 5.83. The molecule has 1 saturated carbocycles. The van der Waals surface area contributed by atoms with Gasteiger partial charge < -0.3 is 5.32 Å². The van der Waals surface area contributed by atoms with Crippen LogP contribution in [0.4, 0.5) is 8.78 Å². The summed E-state index contributed by atoms with van der Waals surface area (Å²) in [5.74, 6) is -4.05. The number of amides is 1. The molecule has 0 bridgehead atoms. The maximum Gasteiger partial charge on any atom is 0.321 e. The highest BCUT2D eigenvalue weighted by atomic mass is 19.3. The van der Waals surface area contributed by atoms with Crippen molar-refractivity contribution in [2.45, 2.75) is 50.6 Å². The van der Waals surface area contributed by atoms with E-state index in [1.807, 2.05) is 0 Å². The summed E-state index contributed by atoms with van der Waals surface area (Å²) < 4.78 is 28.5. The number of nitriles is 1. The topological polar surface area (TPSA) is 96.5 Å². The lowest BCUT2D eigenvalue weighted by molar-refractivity contribution is -0.143. The number of benzene rings is 1.